The Balaban J connectivity index is 1.93. The number of pyridine rings is 2. The van der Waals surface area contributed by atoms with Gasteiger partial charge in [0.1, 0.15) is 17.5 Å². The lowest BCUT2D eigenvalue weighted by Crippen LogP contribution is -2.36. The first-order valence-corrected chi connectivity index (χ1v) is 9.91. The van der Waals surface area contributed by atoms with Gasteiger partial charge in [-0.15, -0.1) is 11.8 Å². The molecule has 0 atom stereocenters. The van der Waals surface area contributed by atoms with Gasteiger partial charge in [-0.25, -0.2) is 9.97 Å². The summed E-state index contributed by atoms with van der Waals surface area (Å²) in [6.07, 6.45) is 5.06. The number of thioether (sulfide) groups is 1. The first-order valence-electron chi connectivity index (χ1n) is 8.69. The van der Waals surface area contributed by atoms with Crippen LogP contribution in [0.25, 0.3) is 11.3 Å². The van der Waals surface area contributed by atoms with E-state index in [1.165, 1.54) is 18.2 Å². The molecule has 1 aliphatic rings. The number of anilines is 1. The summed E-state index contributed by atoms with van der Waals surface area (Å²) >= 11 is 1.49. The largest absolute Gasteiger partial charge is 0.483 e. The molecule has 27 heavy (non-hydrogen) atoms. The van der Waals surface area contributed by atoms with Gasteiger partial charge in [-0.1, -0.05) is 0 Å². The maximum Gasteiger partial charge on any atom is 0.176 e. The fraction of sp³-hybridized carbons (Fsp3) is 0.368. The van der Waals surface area contributed by atoms with Crippen molar-refractivity contribution in [1.29, 1.82) is 5.26 Å². The van der Waals surface area contributed by atoms with Crippen LogP contribution in [0.4, 0.5) is 11.6 Å². The Morgan fingerprint density at radius 1 is 1.41 bits per heavy atom. The number of aliphatic imine (C=N–C) groups is 1. The molecule has 0 spiro atoms. The molecule has 7 nitrogen and oxygen atoms in total. The lowest BCUT2D eigenvalue weighted by atomic mass is 10.1. The van der Waals surface area contributed by atoms with Crippen molar-refractivity contribution in [2.24, 2.45) is 4.99 Å². The van der Waals surface area contributed by atoms with Crippen molar-refractivity contribution in [3.05, 3.63) is 30.0 Å². The molecule has 0 amide bonds. The highest BCUT2D eigenvalue weighted by atomic mass is 32.2. The molecule has 2 aromatic rings. The average molecular weight is 383 g/mol. The summed E-state index contributed by atoms with van der Waals surface area (Å²) < 4.78 is 10.5. The van der Waals surface area contributed by atoms with Crippen LogP contribution in [-0.2, 0) is 9.47 Å². The van der Waals surface area contributed by atoms with Gasteiger partial charge in [-0.2, -0.15) is 10.3 Å². The second kappa shape index (κ2) is 9.35. The second-order valence-corrected chi connectivity index (χ2v) is 6.56. The van der Waals surface area contributed by atoms with Crippen LogP contribution in [-0.4, -0.2) is 55.5 Å². The molecule has 1 fully saturated rings. The van der Waals surface area contributed by atoms with Gasteiger partial charge < -0.3 is 14.4 Å². The highest BCUT2D eigenvalue weighted by Gasteiger charge is 2.15. The summed E-state index contributed by atoms with van der Waals surface area (Å²) in [5, 5.41) is 9.48. The van der Waals surface area contributed by atoms with Crippen LogP contribution < -0.4 is 4.90 Å². The van der Waals surface area contributed by atoms with Crippen molar-refractivity contribution in [3.8, 4) is 17.3 Å². The lowest BCUT2D eigenvalue weighted by Gasteiger charge is -2.27. The van der Waals surface area contributed by atoms with Crippen LogP contribution in [0.2, 0.25) is 0 Å². The maximum atomic E-state index is 9.48. The van der Waals surface area contributed by atoms with Crippen LogP contribution in [0.3, 0.4) is 0 Å². The van der Waals surface area contributed by atoms with Crippen molar-refractivity contribution >= 4 is 29.8 Å². The van der Waals surface area contributed by atoms with E-state index in [1.54, 1.807) is 6.20 Å². The topological polar surface area (TPSA) is 83.6 Å². The SMILES string of the molecule is CCO/C=N\c1nc(-c2ccc(N3CCOCC3)nc2)cc(SC)c1C#N. The van der Waals surface area contributed by atoms with E-state index in [4.69, 9.17) is 9.47 Å². The number of hydrogen-bond donors (Lipinski definition) is 0. The fourth-order valence-electron chi connectivity index (χ4n) is 2.70. The Bertz CT molecular complexity index is 842. The van der Waals surface area contributed by atoms with E-state index in [1.807, 2.05) is 31.4 Å². The number of rotatable bonds is 6. The van der Waals surface area contributed by atoms with Gasteiger partial charge in [0, 0.05) is 29.7 Å². The highest BCUT2D eigenvalue weighted by Crippen LogP contribution is 2.32. The molecule has 8 heteroatoms. The minimum atomic E-state index is 0.352. The molecule has 0 aliphatic carbocycles. The van der Waals surface area contributed by atoms with E-state index in [0.29, 0.717) is 18.0 Å². The Kier molecular flexibility index (Phi) is 6.63. The number of nitriles is 1. The molecule has 0 bridgehead atoms. The van der Waals surface area contributed by atoms with Gasteiger partial charge >= 0.3 is 0 Å². The highest BCUT2D eigenvalue weighted by molar-refractivity contribution is 7.98. The van der Waals surface area contributed by atoms with Gasteiger partial charge in [0.05, 0.1) is 25.5 Å². The van der Waals surface area contributed by atoms with E-state index >= 15 is 0 Å². The normalized spacial score (nSPS) is 14.3. The minimum absolute atomic E-state index is 0.352. The third kappa shape index (κ3) is 4.56. The van der Waals surface area contributed by atoms with Crippen molar-refractivity contribution in [2.75, 3.05) is 44.1 Å². The van der Waals surface area contributed by atoms with Crippen LogP contribution in [0.1, 0.15) is 12.5 Å². The first kappa shape index (κ1) is 19.1. The quantitative estimate of drug-likeness (QED) is 0.430. The summed E-state index contributed by atoms with van der Waals surface area (Å²) in [5.74, 6) is 1.28. The van der Waals surface area contributed by atoms with E-state index in [2.05, 4.69) is 25.9 Å². The molecule has 140 valence electrons. The summed E-state index contributed by atoms with van der Waals surface area (Å²) in [5.41, 5.74) is 2.04. The molecule has 1 aliphatic heterocycles. The monoisotopic (exact) mass is 383 g/mol. The Hall–Kier alpha value is -2.63. The van der Waals surface area contributed by atoms with E-state index in [-0.39, 0.29) is 0 Å². The lowest BCUT2D eigenvalue weighted by molar-refractivity contribution is 0.122. The predicted molar refractivity (Wildman–Crippen MR) is 107 cm³/mol. The third-order valence-corrected chi connectivity index (χ3v) is 4.85. The Morgan fingerprint density at radius 2 is 2.22 bits per heavy atom. The zero-order valence-electron chi connectivity index (χ0n) is 15.4. The number of aromatic nitrogens is 2. The summed E-state index contributed by atoms with van der Waals surface area (Å²) in [6, 6.07) is 8.06. The number of morpholine rings is 1. The van der Waals surface area contributed by atoms with E-state index in [9.17, 15) is 5.26 Å². The summed E-state index contributed by atoms with van der Waals surface area (Å²) in [4.78, 5) is 16.4. The molecule has 3 heterocycles. The molecule has 0 saturated carbocycles. The van der Waals surface area contributed by atoms with Crippen molar-refractivity contribution < 1.29 is 9.47 Å². The van der Waals surface area contributed by atoms with Gasteiger partial charge in [-0.3, -0.25) is 0 Å². The van der Waals surface area contributed by atoms with E-state index < -0.39 is 0 Å². The van der Waals surface area contributed by atoms with Gasteiger partial charge in [0.15, 0.2) is 12.2 Å². The number of nitrogens with zero attached hydrogens (tertiary/aromatic N) is 5. The average Bonchev–Trinajstić information content (AvgIpc) is 2.74. The molecule has 0 N–H and O–H groups in total. The summed E-state index contributed by atoms with van der Waals surface area (Å²) in [6.45, 7) is 5.50. The molecule has 3 rings (SSSR count). The number of ether oxygens (including phenoxy) is 2. The van der Waals surface area contributed by atoms with Crippen molar-refractivity contribution in [1.82, 2.24) is 9.97 Å². The molecular formula is C19H21N5O2S. The Labute approximate surface area is 163 Å². The minimum Gasteiger partial charge on any atom is -0.483 e. The predicted octanol–water partition coefficient (Wildman–Crippen LogP) is 3.27. The fourth-order valence-corrected chi connectivity index (χ4v) is 3.27. The standard InChI is InChI=1S/C19H21N5O2S/c1-3-25-13-22-19-15(11-20)17(27-2)10-16(23-19)14-4-5-18(21-12-14)24-6-8-26-9-7-24/h4-5,10,12-13H,3,6-9H2,1-2H3/b22-13-. The van der Waals surface area contributed by atoms with Gasteiger partial charge in [-0.05, 0) is 31.4 Å². The molecule has 0 unspecified atom stereocenters. The smallest absolute Gasteiger partial charge is 0.176 e. The molecular weight excluding hydrogens is 362 g/mol. The molecule has 2 aromatic heterocycles. The first-order chi connectivity index (χ1) is 13.3. The van der Waals surface area contributed by atoms with Crippen LogP contribution in [0, 0.1) is 11.3 Å². The second-order valence-electron chi connectivity index (χ2n) is 5.71. The maximum absolute atomic E-state index is 9.48. The van der Waals surface area contributed by atoms with Gasteiger partial charge in [0.2, 0.25) is 0 Å². The van der Waals surface area contributed by atoms with Crippen LogP contribution in [0.15, 0.2) is 34.3 Å². The number of hydrogen-bond acceptors (Lipinski definition) is 8. The zero-order valence-corrected chi connectivity index (χ0v) is 16.2. The molecule has 0 radical (unpaired) electrons. The van der Waals surface area contributed by atoms with E-state index in [0.717, 1.165) is 48.3 Å². The molecule has 1 saturated heterocycles. The molecule has 0 aromatic carbocycles. The zero-order chi connectivity index (χ0) is 19.1. The van der Waals surface area contributed by atoms with Crippen LogP contribution in [0.5, 0.6) is 0 Å². The Morgan fingerprint density at radius 3 is 2.85 bits per heavy atom. The van der Waals surface area contributed by atoms with Crippen molar-refractivity contribution in [3.63, 3.8) is 0 Å². The summed E-state index contributed by atoms with van der Waals surface area (Å²) in [7, 11) is 0. The van der Waals surface area contributed by atoms with Crippen molar-refractivity contribution in [2.45, 2.75) is 11.8 Å². The third-order valence-electron chi connectivity index (χ3n) is 4.09. The van der Waals surface area contributed by atoms with Gasteiger partial charge in [0.25, 0.3) is 0 Å². The van der Waals surface area contributed by atoms with Crippen LogP contribution >= 0.6 is 11.8 Å².